The Hall–Kier alpha value is -1.39. The summed E-state index contributed by atoms with van der Waals surface area (Å²) in [6.45, 7) is 1.81. The van der Waals surface area contributed by atoms with Gasteiger partial charge in [-0.1, -0.05) is 18.5 Å². The number of benzene rings is 2. The van der Waals surface area contributed by atoms with Gasteiger partial charge in [0.1, 0.15) is 17.3 Å². The second-order valence-electron chi connectivity index (χ2n) is 4.10. The van der Waals surface area contributed by atoms with E-state index in [2.05, 4.69) is 15.9 Å². The number of hydrogen-bond acceptors (Lipinski definition) is 2. The van der Waals surface area contributed by atoms with E-state index in [4.69, 9.17) is 16.3 Å². The van der Waals surface area contributed by atoms with Crippen molar-refractivity contribution in [2.45, 2.75) is 13.3 Å². The lowest BCUT2D eigenvalue weighted by Crippen LogP contribution is -1.96. The molecule has 0 aliphatic rings. The molecule has 0 spiro atoms. The zero-order chi connectivity index (χ0) is 14.7. The quantitative estimate of drug-likeness (QED) is 0.524. The van der Waals surface area contributed by atoms with Gasteiger partial charge in [-0.15, -0.1) is 0 Å². The van der Waals surface area contributed by atoms with Crippen LogP contribution in [0.3, 0.4) is 0 Å². The van der Waals surface area contributed by atoms with E-state index in [1.165, 1.54) is 12.1 Å². The molecule has 2 aromatic carbocycles. The van der Waals surface area contributed by atoms with E-state index in [0.29, 0.717) is 28.0 Å². The first kappa shape index (κ1) is 15.0. The first-order chi connectivity index (χ1) is 9.51. The third kappa shape index (κ3) is 3.38. The van der Waals surface area contributed by atoms with Gasteiger partial charge in [0.05, 0.1) is 9.50 Å². The average Bonchev–Trinajstić information content (AvgIpc) is 2.44. The number of rotatable bonds is 4. The Bertz CT molecular complexity index is 641. The van der Waals surface area contributed by atoms with Crippen molar-refractivity contribution in [1.82, 2.24) is 0 Å². The summed E-state index contributed by atoms with van der Waals surface area (Å²) in [5.41, 5.74) is 0.626. The van der Waals surface area contributed by atoms with Gasteiger partial charge in [-0.25, -0.2) is 4.39 Å². The minimum Gasteiger partial charge on any atom is -0.456 e. The van der Waals surface area contributed by atoms with Crippen LogP contribution in [0.25, 0.3) is 0 Å². The number of ketones is 1. The molecule has 0 N–H and O–H groups in total. The monoisotopic (exact) mass is 356 g/mol. The highest BCUT2D eigenvalue weighted by atomic mass is 79.9. The highest BCUT2D eigenvalue weighted by Crippen LogP contribution is 2.33. The molecule has 0 amide bonds. The average molecular weight is 358 g/mol. The summed E-state index contributed by atoms with van der Waals surface area (Å²) in [4.78, 5) is 11.5. The number of carbonyl (C=O) groups excluding carboxylic acids is 1. The Kier molecular flexibility index (Phi) is 4.78. The molecule has 2 nitrogen and oxygen atoms in total. The van der Waals surface area contributed by atoms with Crippen molar-refractivity contribution in [2.24, 2.45) is 0 Å². The molecule has 2 aromatic rings. The highest BCUT2D eigenvalue weighted by Gasteiger charge is 2.09. The number of Topliss-reactive ketones (excluding diaryl/α,β-unsaturated/α-hetero) is 1. The van der Waals surface area contributed by atoms with Crippen LogP contribution >= 0.6 is 27.5 Å². The second-order valence-corrected chi connectivity index (χ2v) is 5.36. The predicted octanol–water partition coefficient (Wildman–Crippen LogP) is 5.63. The van der Waals surface area contributed by atoms with Crippen molar-refractivity contribution in [3.05, 3.63) is 57.3 Å². The summed E-state index contributed by atoms with van der Waals surface area (Å²) in [5, 5.41) is 0.0214. The summed E-state index contributed by atoms with van der Waals surface area (Å²) in [6.07, 6.45) is 0.453. The molecule has 0 fully saturated rings. The van der Waals surface area contributed by atoms with E-state index in [-0.39, 0.29) is 10.8 Å². The van der Waals surface area contributed by atoms with E-state index in [1.54, 1.807) is 31.2 Å². The standard InChI is InChI=1S/C15H11BrClFO2/c1-2-14(19)9-3-5-10(6-4-9)20-15-8-13(18)12(17)7-11(15)16/h3-8H,2H2,1H3. The van der Waals surface area contributed by atoms with E-state index in [9.17, 15) is 9.18 Å². The lowest BCUT2D eigenvalue weighted by Gasteiger charge is -2.09. The molecule has 0 bridgehead atoms. The minimum atomic E-state index is -0.553. The van der Waals surface area contributed by atoms with Gasteiger partial charge < -0.3 is 4.74 Å². The van der Waals surface area contributed by atoms with Crippen molar-refractivity contribution in [3.8, 4) is 11.5 Å². The molecule has 2 rings (SSSR count). The first-order valence-electron chi connectivity index (χ1n) is 5.97. The minimum absolute atomic E-state index is 0.0214. The van der Waals surface area contributed by atoms with Crippen LogP contribution in [0.5, 0.6) is 11.5 Å². The van der Waals surface area contributed by atoms with E-state index in [0.717, 1.165) is 0 Å². The molecule has 0 heterocycles. The zero-order valence-electron chi connectivity index (χ0n) is 10.6. The number of ether oxygens (including phenoxy) is 1. The maximum atomic E-state index is 13.4. The molecule has 0 saturated heterocycles. The first-order valence-corrected chi connectivity index (χ1v) is 7.14. The molecule has 0 aromatic heterocycles. The molecular weight excluding hydrogens is 347 g/mol. The molecule has 0 unspecified atom stereocenters. The van der Waals surface area contributed by atoms with Crippen LogP contribution < -0.4 is 4.74 Å². The molecular formula is C15H11BrClFO2. The van der Waals surface area contributed by atoms with Crippen molar-refractivity contribution >= 4 is 33.3 Å². The number of hydrogen-bond donors (Lipinski definition) is 0. The molecule has 0 saturated carbocycles. The van der Waals surface area contributed by atoms with Gasteiger partial charge in [0.15, 0.2) is 5.78 Å². The van der Waals surface area contributed by atoms with Crippen LogP contribution in [-0.4, -0.2) is 5.78 Å². The maximum absolute atomic E-state index is 13.4. The van der Waals surface area contributed by atoms with Gasteiger partial charge in [-0.2, -0.15) is 0 Å². The van der Waals surface area contributed by atoms with Crippen LogP contribution in [0.4, 0.5) is 4.39 Å². The molecule has 0 aliphatic heterocycles. The fourth-order valence-electron chi connectivity index (χ4n) is 1.62. The summed E-state index contributed by atoms with van der Waals surface area (Å²) >= 11 is 8.92. The van der Waals surface area contributed by atoms with Gasteiger partial charge in [0, 0.05) is 18.1 Å². The van der Waals surface area contributed by atoms with Crippen LogP contribution in [0.15, 0.2) is 40.9 Å². The summed E-state index contributed by atoms with van der Waals surface area (Å²) in [6, 6.07) is 9.34. The van der Waals surface area contributed by atoms with Crippen LogP contribution in [0.1, 0.15) is 23.7 Å². The Balaban J connectivity index is 2.22. The van der Waals surface area contributed by atoms with Gasteiger partial charge in [0.2, 0.25) is 0 Å². The molecule has 0 radical (unpaired) electrons. The lowest BCUT2D eigenvalue weighted by atomic mass is 10.1. The fraction of sp³-hybridized carbons (Fsp3) is 0.133. The SMILES string of the molecule is CCC(=O)c1ccc(Oc2cc(F)c(Cl)cc2Br)cc1. The van der Waals surface area contributed by atoms with Gasteiger partial charge >= 0.3 is 0 Å². The zero-order valence-corrected chi connectivity index (χ0v) is 13.0. The van der Waals surface area contributed by atoms with Crippen LogP contribution in [0.2, 0.25) is 5.02 Å². The predicted molar refractivity (Wildman–Crippen MR) is 80.2 cm³/mol. The second kappa shape index (κ2) is 6.37. The van der Waals surface area contributed by atoms with Gasteiger partial charge in [-0.3, -0.25) is 4.79 Å². The smallest absolute Gasteiger partial charge is 0.162 e. The summed E-state index contributed by atoms with van der Waals surface area (Å²) < 4.78 is 19.5. The van der Waals surface area contributed by atoms with E-state index < -0.39 is 5.82 Å². The Morgan fingerprint density at radius 2 is 1.95 bits per heavy atom. The van der Waals surface area contributed by atoms with Gasteiger partial charge in [0.25, 0.3) is 0 Å². The molecule has 5 heteroatoms. The maximum Gasteiger partial charge on any atom is 0.162 e. The van der Waals surface area contributed by atoms with Crippen molar-refractivity contribution < 1.29 is 13.9 Å². The van der Waals surface area contributed by atoms with Crippen molar-refractivity contribution in [1.29, 1.82) is 0 Å². The van der Waals surface area contributed by atoms with Crippen LogP contribution in [0, 0.1) is 5.82 Å². The Labute approximate surface area is 129 Å². The summed E-state index contributed by atoms with van der Waals surface area (Å²) in [7, 11) is 0. The third-order valence-corrected chi connectivity index (χ3v) is 3.61. The molecule has 0 aliphatic carbocycles. The fourth-order valence-corrected chi connectivity index (χ4v) is 2.34. The van der Waals surface area contributed by atoms with Crippen molar-refractivity contribution in [2.75, 3.05) is 0 Å². The Morgan fingerprint density at radius 3 is 2.55 bits per heavy atom. The number of carbonyl (C=O) groups is 1. The van der Waals surface area contributed by atoms with Crippen molar-refractivity contribution in [3.63, 3.8) is 0 Å². The van der Waals surface area contributed by atoms with Crippen LogP contribution in [-0.2, 0) is 0 Å². The molecule has 0 atom stereocenters. The van der Waals surface area contributed by atoms with E-state index in [1.807, 2.05) is 0 Å². The highest BCUT2D eigenvalue weighted by molar-refractivity contribution is 9.10. The lowest BCUT2D eigenvalue weighted by molar-refractivity contribution is 0.0988. The summed E-state index contributed by atoms with van der Waals surface area (Å²) in [5.74, 6) is 0.347. The Morgan fingerprint density at radius 1 is 1.30 bits per heavy atom. The van der Waals surface area contributed by atoms with Gasteiger partial charge in [-0.05, 0) is 46.3 Å². The van der Waals surface area contributed by atoms with E-state index >= 15 is 0 Å². The molecule has 20 heavy (non-hydrogen) atoms. The third-order valence-electron chi connectivity index (χ3n) is 2.70. The number of halogens is 3. The topological polar surface area (TPSA) is 26.3 Å². The largest absolute Gasteiger partial charge is 0.456 e. The molecule has 104 valence electrons. The normalized spacial score (nSPS) is 10.4.